The molecular formula is C30H51N5O6. The lowest BCUT2D eigenvalue weighted by Crippen LogP contribution is -2.49. The van der Waals surface area contributed by atoms with Crippen LogP contribution >= 0.6 is 0 Å². The lowest BCUT2D eigenvalue weighted by molar-refractivity contribution is -0.0122. The molecule has 4 N–H and O–H groups in total. The number of ether oxygens (including phenoxy) is 2. The molecule has 1 aliphatic rings. The van der Waals surface area contributed by atoms with Crippen LogP contribution in [0.3, 0.4) is 0 Å². The number of anilines is 1. The Morgan fingerprint density at radius 1 is 1.10 bits per heavy atom. The van der Waals surface area contributed by atoms with Gasteiger partial charge in [0.1, 0.15) is 5.75 Å². The minimum atomic E-state index is -0.494. The maximum Gasteiger partial charge on any atom is 0.319 e. The highest BCUT2D eigenvalue weighted by atomic mass is 16.5. The average Bonchev–Trinajstić information content (AvgIpc) is 2.89. The second-order valence-electron chi connectivity index (χ2n) is 11.7. The van der Waals surface area contributed by atoms with Crippen molar-refractivity contribution in [2.75, 3.05) is 38.7 Å². The molecule has 0 fully saturated rings. The van der Waals surface area contributed by atoms with Crippen LogP contribution in [0.15, 0.2) is 18.2 Å². The van der Waals surface area contributed by atoms with Crippen molar-refractivity contribution in [3.63, 3.8) is 0 Å². The van der Waals surface area contributed by atoms with Crippen molar-refractivity contribution in [1.82, 2.24) is 20.4 Å². The van der Waals surface area contributed by atoms with Gasteiger partial charge < -0.3 is 40.3 Å². The van der Waals surface area contributed by atoms with Gasteiger partial charge in [0.15, 0.2) is 0 Å². The second kappa shape index (κ2) is 16.4. The molecule has 0 bridgehead atoms. The highest BCUT2D eigenvalue weighted by Gasteiger charge is 2.31. The smallest absolute Gasteiger partial charge is 0.319 e. The number of hydrogen-bond acceptors (Lipinski definition) is 6. The molecule has 0 aliphatic carbocycles. The quantitative estimate of drug-likeness (QED) is 0.386. The third-order valence-electron chi connectivity index (χ3n) is 6.94. The Hall–Kier alpha value is -3.05. The van der Waals surface area contributed by atoms with Crippen molar-refractivity contribution >= 4 is 23.7 Å². The van der Waals surface area contributed by atoms with Crippen molar-refractivity contribution in [1.29, 1.82) is 0 Å². The van der Waals surface area contributed by atoms with E-state index in [0.717, 1.165) is 19.3 Å². The summed E-state index contributed by atoms with van der Waals surface area (Å²) in [6, 6.07) is 3.95. The molecule has 0 spiro atoms. The molecule has 41 heavy (non-hydrogen) atoms. The first kappa shape index (κ1) is 34.2. The van der Waals surface area contributed by atoms with Crippen LogP contribution in [0.1, 0.15) is 78.1 Å². The largest absolute Gasteiger partial charge is 0.490 e. The van der Waals surface area contributed by atoms with Gasteiger partial charge in [-0.1, -0.05) is 6.92 Å². The summed E-state index contributed by atoms with van der Waals surface area (Å²) in [5.74, 6) is -0.0584. The molecule has 11 heteroatoms. The van der Waals surface area contributed by atoms with E-state index in [1.165, 1.54) is 0 Å². The van der Waals surface area contributed by atoms with Gasteiger partial charge in [0.2, 0.25) is 0 Å². The van der Waals surface area contributed by atoms with Gasteiger partial charge in [-0.15, -0.1) is 0 Å². The summed E-state index contributed by atoms with van der Waals surface area (Å²) in [6.45, 7) is 14.2. The van der Waals surface area contributed by atoms with Crippen LogP contribution in [0.25, 0.3) is 0 Å². The fraction of sp³-hybridized carbons (Fsp3) is 0.700. The molecule has 2 rings (SSSR count). The van der Waals surface area contributed by atoms with Crippen LogP contribution in [0.2, 0.25) is 0 Å². The number of benzene rings is 1. The topological polar surface area (TPSA) is 132 Å². The monoisotopic (exact) mass is 577 g/mol. The molecule has 0 saturated heterocycles. The molecule has 5 amide bonds. The van der Waals surface area contributed by atoms with Crippen molar-refractivity contribution in [2.45, 2.75) is 98.1 Å². The van der Waals surface area contributed by atoms with E-state index in [1.807, 2.05) is 41.5 Å². The zero-order valence-electron chi connectivity index (χ0n) is 26.0. The summed E-state index contributed by atoms with van der Waals surface area (Å²) in [6.07, 6.45) is 1.98. The Morgan fingerprint density at radius 3 is 2.41 bits per heavy atom. The molecule has 0 radical (unpaired) electrons. The van der Waals surface area contributed by atoms with E-state index in [2.05, 4.69) is 16.0 Å². The van der Waals surface area contributed by atoms with Gasteiger partial charge in [-0.3, -0.25) is 4.79 Å². The normalized spacial score (nSPS) is 21.4. The summed E-state index contributed by atoms with van der Waals surface area (Å²) >= 11 is 0. The van der Waals surface area contributed by atoms with Crippen molar-refractivity contribution in [3.8, 4) is 5.75 Å². The minimum absolute atomic E-state index is 0.00547. The first-order valence-electron chi connectivity index (χ1n) is 14.8. The Labute approximate surface area is 245 Å². The molecule has 1 heterocycles. The van der Waals surface area contributed by atoms with Gasteiger partial charge >= 0.3 is 12.1 Å². The van der Waals surface area contributed by atoms with E-state index in [1.54, 1.807) is 42.0 Å². The van der Waals surface area contributed by atoms with Gasteiger partial charge in [0, 0.05) is 50.4 Å². The Morgan fingerprint density at radius 2 is 1.78 bits per heavy atom. The van der Waals surface area contributed by atoms with E-state index in [-0.39, 0.29) is 61.3 Å². The fourth-order valence-electron chi connectivity index (χ4n) is 4.60. The van der Waals surface area contributed by atoms with Gasteiger partial charge in [-0.05, 0) is 79.0 Å². The molecule has 1 aromatic carbocycles. The fourth-order valence-corrected chi connectivity index (χ4v) is 4.60. The number of hydrogen-bond donors (Lipinski definition) is 4. The number of likely N-dealkylation sites (N-methyl/N-ethyl adjacent to an activating group) is 1. The summed E-state index contributed by atoms with van der Waals surface area (Å²) in [4.78, 5) is 42.3. The van der Waals surface area contributed by atoms with Crippen LogP contribution in [-0.4, -0.2) is 96.6 Å². The van der Waals surface area contributed by atoms with Gasteiger partial charge in [0.25, 0.3) is 5.91 Å². The zero-order chi connectivity index (χ0) is 30.7. The second-order valence-corrected chi connectivity index (χ2v) is 11.7. The number of amides is 5. The number of nitrogens with zero attached hydrogens (tertiary/aromatic N) is 2. The molecule has 1 aliphatic heterocycles. The number of aliphatic hydroxyl groups excluding tert-OH is 1. The minimum Gasteiger partial charge on any atom is -0.490 e. The van der Waals surface area contributed by atoms with E-state index in [9.17, 15) is 19.5 Å². The number of aliphatic hydroxyl groups is 1. The zero-order valence-corrected chi connectivity index (χ0v) is 26.0. The Kier molecular flexibility index (Phi) is 13.7. The van der Waals surface area contributed by atoms with Crippen molar-refractivity contribution in [2.24, 2.45) is 5.92 Å². The van der Waals surface area contributed by atoms with E-state index < -0.39 is 6.04 Å². The maximum atomic E-state index is 14.1. The van der Waals surface area contributed by atoms with E-state index >= 15 is 0 Å². The predicted octanol–water partition coefficient (Wildman–Crippen LogP) is 4.06. The maximum absolute atomic E-state index is 14.1. The highest BCUT2D eigenvalue weighted by molar-refractivity contribution is 5.99. The predicted molar refractivity (Wildman–Crippen MR) is 160 cm³/mol. The third kappa shape index (κ3) is 11.0. The SMILES string of the molecule is CC(C)NC(=O)Nc1ccc2c(c1)C(=O)N([C@H](C)CO)C[C@H](C)[C@@H](CN(C)C(=O)NC(C)C)OCCCC[C@@H](C)O2. The number of carbonyl (C=O) groups excluding carboxylic acids is 3. The molecule has 4 atom stereocenters. The summed E-state index contributed by atoms with van der Waals surface area (Å²) in [7, 11) is 1.73. The van der Waals surface area contributed by atoms with Gasteiger partial charge in [-0.2, -0.15) is 0 Å². The van der Waals surface area contributed by atoms with Gasteiger partial charge in [-0.25, -0.2) is 9.59 Å². The number of rotatable bonds is 7. The molecule has 0 saturated carbocycles. The molecule has 0 aromatic heterocycles. The number of fused-ring (bicyclic) bond motifs is 1. The number of nitrogens with one attached hydrogen (secondary N) is 3. The van der Waals surface area contributed by atoms with Crippen molar-refractivity contribution in [3.05, 3.63) is 23.8 Å². The van der Waals surface area contributed by atoms with E-state index in [4.69, 9.17) is 9.47 Å². The van der Waals surface area contributed by atoms with Crippen LogP contribution in [0, 0.1) is 5.92 Å². The molecule has 11 nitrogen and oxygen atoms in total. The molecule has 232 valence electrons. The summed E-state index contributed by atoms with van der Waals surface area (Å²) in [5, 5.41) is 18.6. The standard InChI is InChI=1S/C30H51N5O6/c1-19(2)31-29(38)33-24-12-13-26-25(15-24)28(37)35(22(6)18-36)16-21(5)27(17-34(8)30(39)32-20(3)4)40-14-10-9-11-23(7)41-26/h12-13,15,19-23,27,36H,9-11,14,16-18H2,1-8H3,(H,32,39)(H2,31,33,38)/t21-,22+,23+,27+/m0/s1. The molecular weight excluding hydrogens is 526 g/mol. The lowest BCUT2D eigenvalue weighted by atomic mass is 10.0. The number of carbonyl (C=O) groups is 3. The highest BCUT2D eigenvalue weighted by Crippen LogP contribution is 2.28. The first-order valence-corrected chi connectivity index (χ1v) is 14.8. The van der Waals surface area contributed by atoms with Crippen LogP contribution in [0.4, 0.5) is 15.3 Å². The summed E-state index contributed by atoms with van der Waals surface area (Å²) in [5.41, 5.74) is 0.755. The van der Waals surface area contributed by atoms with Crippen LogP contribution in [-0.2, 0) is 4.74 Å². The van der Waals surface area contributed by atoms with Crippen molar-refractivity contribution < 1.29 is 29.0 Å². The van der Waals surface area contributed by atoms with Crippen LogP contribution < -0.4 is 20.7 Å². The van der Waals surface area contributed by atoms with Gasteiger partial charge in [0.05, 0.1) is 30.4 Å². The average molecular weight is 578 g/mol. The van der Waals surface area contributed by atoms with E-state index in [0.29, 0.717) is 30.2 Å². The van der Waals surface area contributed by atoms with Crippen LogP contribution in [0.5, 0.6) is 5.75 Å². The Balaban J connectivity index is 2.44. The lowest BCUT2D eigenvalue weighted by Gasteiger charge is -2.36. The first-order chi connectivity index (χ1) is 19.3. The molecule has 0 unspecified atom stereocenters. The summed E-state index contributed by atoms with van der Waals surface area (Å²) < 4.78 is 12.5. The number of urea groups is 2. The third-order valence-corrected chi connectivity index (χ3v) is 6.94. The Bertz CT molecular complexity index is 1000. The molecule has 1 aromatic rings.